The van der Waals surface area contributed by atoms with Gasteiger partial charge in [0.2, 0.25) is 5.69 Å². The lowest BCUT2D eigenvalue weighted by atomic mass is 9.85. The highest BCUT2D eigenvalue weighted by Gasteiger charge is 2.30. The predicted molar refractivity (Wildman–Crippen MR) is 196 cm³/mol. The second kappa shape index (κ2) is 22.7. The van der Waals surface area contributed by atoms with Crippen molar-refractivity contribution in [3.8, 4) is 11.5 Å². The SMILES string of the molecule is CCCCCCCCCCCCCCOc1ccc(C(=O)N(Cc2cccc[n+]2CCC)C(=O)c2ccccc2OC)cc1C(C)(C)C.[I-]. The molecule has 0 radical (unpaired) electrons. The Morgan fingerprint density at radius 1 is 0.714 bits per heavy atom. The monoisotopic (exact) mass is 784 g/mol. The summed E-state index contributed by atoms with van der Waals surface area (Å²) in [6, 6.07) is 18.6. The van der Waals surface area contributed by atoms with E-state index in [1.54, 1.807) is 24.3 Å². The molecule has 2 aromatic carbocycles. The Hall–Kier alpha value is -2.94. The van der Waals surface area contributed by atoms with Crippen LogP contribution in [0.1, 0.15) is 150 Å². The molecular weight excluding hydrogens is 723 g/mol. The first-order valence-electron chi connectivity index (χ1n) is 18.4. The summed E-state index contributed by atoms with van der Waals surface area (Å²) in [5, 5.41) is 0. The Bertz CT molecular complexity index is 1420. The summed E-state index contributed by atoms with van der Waals surface area (Å²) in [7, 11) is 1.54. The summed E-state index contributed by atoms with van der Waals surface area (Å²) in [4.78, 5) is 29.8. The molecule has 2 amide bonds. The fraction of sp³-hybridized carbons (Fsp3) is 0.548. The Balaban J connectivity index is 0.00000833. The Morgan fingerprint density at radius 3 is 1.94 bits per heavy atom. The van der Waals surface area contributed by atoms with Gasteiger partial charge in [0.25, 0.3) is 11.8 Å². The van der Waals surface area contributed by atoms with Crippen LogP contribution in [0.2, 0.25) is 0 Å². The summed E-state index contributed by atoms with van der Waals surface area (Å²) in [5.41, 5.74) is 2.39. The van der Waals surface area contributed by atoms with E-state index in [1.165, 1.54) is 76.2 Å². The minimum Gasteiger partial charge on any atom is -1.00 e. The number of pyridine rings is 1. The number of hydrogen-bond acceptors (Lipinski definition) is 4. The van der Waals surface area contributed by atoms with Gasteiger partial charge in [0, 0.05) is 29.7 Å². The molecule has 0 atom stereocenters. The number of aryl methyl sites for hydroxylation is 1. The van der Waals surface area contributed by atoms with Gasteiger partial charge >= 0.3 is 0 Å². The zero-order chi connectivity index (χ0) is 34.8. The fourth-order valence-corrected chi connectivity index (χ4v) is 6.13. The summed E-state index contributed by atoms with van der Waals surface area (Å²) in [6.07, 6.45) is 18.6. The molecular formula is C42H61IN2O4. The molecule has 0 bridgehead atoms. The number of carbonyl (C=O) groups is 2. The van der Waals surface area contributed by atoms with E-state index in [0.29, 0.717) is 23.5 Å². The van der Waals surface area contributed by atoms with Crippen molar-refractivity contribution in [2.24, 2.45) is 0 Å². The van der Waals surface area contributed by atoms with Crippen LogP contribution >= 0.6 is 0 Å². The molecule has 0 aliphatic rings. The topological polar surface area (TPSA) is 59.7 Å². The third-order valence-corrected chi connectivity index (χ3v) is 8.94. The van der Waals surface area contributed by atoms with Gasteiger partial charge in [-0.25, -0.2) is 4.57 Å². The zero-order valence-electron chi connectivity index (χ0n) is 31.1. The van der Waals surface area contributed by atoms with Gasteiger partial charge in [0.05, 0.1) is 19.3 Å². The number of halogens is 1. The predicted octanol–water partition coefficient (Wildman–Crippen LogP) is 7.26. The molecule has 0 fully saturated rings. The van der Waals surface area contributed by atoms with Crippen molar-refractivity contribution in [1.82, 2.24) is 4.90 Å². The molecule has 1 heterocycles. The van der Waals surface area contributed by atoms with Crippen LogP contribution in [0.5, 0.6) is 11.5 Å². The number of aromatic nitrogens is 1. The second-order valence-corrected chi connectivity index (χ2v) is 14.0. The van der Waals surface area contributed by atoms with Crippen LogP contribution in [0.4, 0.5) is 0 Å². The van der Waals surface area contributed by atoms with Crippen molar-refractivity contribution in [2.45, 2.75) is 137 Å². The van der Waals surface area contributed by atoms with E-state index in [0.717, 1.165) is 42.8 Å². The Morgan fingerprint density at radius 2 is 1.33 bits per heavy atom. The molecule has 3 aromatic rings. The summed E-state index contributed by atoms with van der Waals surface area (Å²) >= 11 is 0. The lowest BCUT2D eigenvalue weighted by Crippen LogP contribution is -3.00. The maximum atomic E-state index is 14.3. The summed E-state index contributed by atoms with van der Waals surface area (Å²) in [5.74, 6) is 0.491. The average molecular weight is 785 g/mol. The van der Waals surface area contributed by atoms with Crippen molar-refractivity contribution in [2.75, 3.05) is 13.7 Å². The highest BCUT2D eigenvalue weighted by atomic mass is 127. The molecule has 49 heavy (non-hydrogen) atoms. The normalized spacial score (nSPS) is 11.1. The van der Waals surface area contributed by atoms with Crippen molar-refractivity contribution >= 4 is 11.8 Å². The van der Waals surface area contributed by atoms with Gasteiger partial charge in [0.1, 0.15) is 24.6 Å². The number of para-hydroxylation sites is 1. The van der Waals surface area contributed by atoms with Crippen LogP contribution < -0.4 is 38.0 Å². The van der Waals surface area contributed by atoms with Gasteiger partial charge in [-0.2, -0.15) is 0 Å². The molecule has 0 saturated heterocycles. The van der Waals surface area contributed by atoms with Crippen molar-refractivity contribution < 1.29 is 47.6 Å². The van der Waals surface area contributed by atoms with Crippen LogP contribution in [0.3, 0.4) is 0 Å². The smallest absolute Gasteiger partial charge is 0.265 e. The van der Waals surface area contributed by atoms with Crippen molar-refractivity contribution in [3.63, 3.8) is 0 Å². The van der Waals surface area contributed by atoms with Gasteiger partial charge in [-0.05, 0) is 42.2 Å². The lowest BCUT2D eigenvalue weighted by Gasteiger charge is -2.25. The first-order valence-corrected chi connectivity index (χ1v) is 18.4. The highest BCUT2D eigenvalue weighted by molar-refractivity contribution is 6.11. The van der Waals surface area contributed by atoms with Crippen LogP contribution in [-0.2, 0) is 18.5 Å². The van der Waals surface area contributed by atoms with Gasteiger partial charge in [-0.15, -0.1) is 0 Å². The van der Waals surface area contributed by atoms with Crippen molar-refractivity contribution in [1.29, 1.82) is 0 Å². The third-order valence-electron chi connectivity index (χ3n) is 8.94. The molecule has 7 heteroatoms. The van der Waals surface area contributed by atoms with Crippen LogP contribution in [-0.4, -0.2) is 30.4 Å². The number of ether oxygens (including phenoxy) is 2. The van der Waals surface area contributed by atoms with Crippen LogP contribution in [0.25, 0.3) is 0 Å². The molecule has 270 valence electrons. The van der Waals surface area contributed by atoms with Crippen LogP contribution in [0, 0.1) is 0 Å². The van der Waals surface area contributed by atoms with Gasteiger partial charge in [0.15, 0.2) is 6.20 Å². The minimum atomic E-state index is -0.394. The minimum absolute atomic E-state index is 0. The molecule has 0 saturated carbocycles. The first-order chi connectivity index (χ1) is 23.2. The molecule has 0 spiro atoms. The number of carbonyl (C=O) groups excluding carboxylic acids is 2. The molecule has 6 nitrogen and oxygen atoms in total. The number of methoxy groups -OCH3 is 1. The first kappa shape index (κ1) is 42.2. The fourth-order valence-electron chi connectivity index (χ4n) is 6.13. The van der Waals surface area contributed by atoms with Crippen molar-refractivity contribution in [3.05, 3.63) is 89.2 Å². The standard InChI is InChI=1S/C42H61N2O4.HI/c1-7-9-10-11-12-13-14-15-16-17-18-23-31-48-39-28-27-34(32-37(39)42(3,4)5)40(45)44(33-35-24-21-22-30-43(35)29-8-2)41(46)36-25-19-20-26-38(36)47-6;/h19-22,24-28,30,32H,7-18,23,29,31,33H2,1-6H3;1H/q+1;/p-1. The summed E-state index contributed by atoms with van der Waals surface area (Å²) < 4.78 is 13.9. The maximum absolute atomic E-state index is 14.3. The highest BCUT2D eigenvalue weighted by Crippen LogP contribution is 2.33. The number of nitrogens with zero attached hydrogens (tertiary/aromatic N) is 2. The van der Waals surface area contributed by atoms with E-state index in [1.807, 2.05) is 42.6 Å². The average Bonchev–Trinajstić information content (AvgIpc) is 3.09. The quantitative estimate of drug-likeness (QED) is 0.0495. The molecule has 3 rings (SSSR count). The molecule has 1 aromatic heterocycles. The zero-order valence-corrected chi connectivity index (χ0v) is 33.2. The Labute approximate surface area is 314 Å². The lowest BCUT2D eigenvalue weighted by molar-refractivity contribution is -0.704. The molecule has 0 aliphatic heterocycles. The number of benzene rings is 2. The number of rotatable bonds is 21. The van der Waals surface area contributed by atoms with Gasteiger partial charge in [-0.1, -0.05) is 123 Å². The largest absolute Gasteiger partial charge is 1.00 e. The van der Waals surface area contributed by atoms with E-state index in [4.69, 9.17) is 9.47 Å². The number of unbranched alkanes of at least 4 members (excludes halogenated alkanes) is 11. The molecule has 0 N–H and O–H groups in total. The number of hydrogen-bond donors (Lipinski definition) is 0. The van der Waals surface area contributed by atoms with Gasteiger partial charge in [-0.3, -0.25) is 14.5 Å². The van der Waals surface area contributed by atoms with Gasteiger partial charge < -0.3 is 33.5 Å². The second-order valence-electron chi connectivity index (χ2n) is 14.0. The summed E-state index contributed by atoms with van der Waals surface area (Å²) in [6.45, 7) is 12.3. The van der Waals surface area contributed by atoms with Crippen LogP contribution in [0.15, 0.2) is 66.9 Å². The van der Waals surface area contributed by atoms with E-state index < -0.39 is 5.91 Å². The van der Waals surface area contributed by atoms with E-state index in [9.17, 15) is 9.59 Å². The molecule has 0 aliphatic carbocycles. The third kappa shape index (κ3) is 13.7. The number of amides is 2. The van der Waals surface area contributed by atoms with E-state index in [2.05, 4.69) is 39.2 Å². The van der Waals surface area contributed by atoms with E-state index in [-0.39, 0.29) is 41.8 Å². The molecule has 0 unspecified atom stereocenters. The van der Waals surface area contributed by atoms with E-state index >= 15 is 0 Å². The number of imide groups is 1. The Kier molecular flexibility index (Phi) is 19.6. The maximum Gasteiger partial charge on any atom is 0.265 e.